The number of ether oxygens (including phenoxy) is 1. The second-order valence-electron chi connectivity index (χ2n) is 10.6. The standard InChI is InChI=1S/C26H31BrN6O3/c1-25(2,3)35-24(34)33-13-11-32(12-14-33)21-16-28-20(15-29-21)22-30-23(31-36-22)26(4,17-5-6-17)18-7-9-19(27)10-8-18/h7-10,15-17H,5-6,11-14H2,1-4H3. The van der Waals surface area contributed by atoms with Crippen molar-refractivity contribution in [3.05, 3.63) is 52.5 Å². The molecule has 1 aliphatic carbocycles. The molecule has 0 N–H and O–H groups in total. The molecule has 2 fully saturated rings. The lowest BCUT2D eigenvalue weighted by molar-refractivity contribution is 0.0240. The van der Waals surface area contributed by atoms with Crippen molar-refractivity contribution in [2.45, 2.75) is 51.6 Å². The van der Waals surface area contributed by atoms with Gasteiger partial charge in [0, 0.05) is 30.7 Å². The van der Waals surface area contributed by atoms with Crippen LogP contribution in [0, 0.1) is 5.92 Å². The highest BCUT2D eigenvalue weighted by Gasteiger charge is 2.47. The Hall–Kier alpha value is -3.01. The van der Waals surface area contributed by atoms with E-state index in [1.54, 1.807) is 17.3 Å². The second-order valence-corrected chi connectivity index (χ2v) is 11.5. The van der Waals surface area contributed by atoms with Crippen molar-refractivity contribution in [1.82, 2.24) is 25.0 Å². The Morgan fingerprint density at radius 1 is 1.03 bits per heavy atom. The topological polar surface area (TPSA) is 97.5 Å². The molecule has 5 rings (SSSR count). The Morgan fingerprint density at radius 2 is 1.72 bits per heavy atom. The summed E-state index contributed by atoms with van der Waals surface area (Å²) in [6.45, 7) is 10.3. The largest absolute Gasteiger partial charge is 0.444 e. The van der Waals surface area contributed by atoms with E-state index in [2.05, 4.69) is 67.1 Å². The average molecular weight is 555 g/mol. The third-order valence-electron chi connectivity index (χ3n) is 6.84. The molecule has 3 heterocycles. The molecule has 2 aromatic heterocycles. The number of hydrogen-bond donors (Lipinski definition) is 0. The van der Waals surface area contributed by atoms with Gasteiger partial charge < -0.3 is 19.1 Å². The van der Waals surface area contributed by atoms with Gasteiger partial charge in [0.2, 0.25) is 0 Å². The Morgan fingerprint density at radius 3 is 2.31 bits per heavy atom. The number of nitrogens with zero attached hydrogens (tertiary/aromatic N) is 6. The molecule has 0 radical (unpaired) electrons. The molecule has 3 aromatic rings. The van der Waals surface area contributed by atoms with E-state index in [-0.39, 0.29) is 11.5 Å². The number of benzene rings is 1. The van der Waals surface area contributed by atoms with Crippen molar-refractivity contribution in [3.8, 4) is 11.6 Å². The number of piperazine rings is 1. The summed E-state index contributed by atoms with van der Waals surface area (Å²) >= 11 is 3.52. The number of amides is 1. The Kier molecular flexibility index (Phi) is 6.48. The fraction of sp³-hybridized carbons (Fsp3) is 0.500. The van der Waals surface area contributed by atoms with Crippen molar-refractivity contribution in [3.63, 3.8) is 0 Å². The molecule has 1 unspecified atom stereocenters. The Labute approximate surface area is 219 Å². The van der Waals surface area contributed by atoms with Crippen LogP contribution in [0.15, 0.2) is 45.7 Å². The quantitative estimate of drug-likeness (QED) is 0.431. The summed E-state index contributed by atoms with van der Waals surface area (Å²) in [5.74, 6) is 2.27. The lowest BCUT2D eigenvalue weighted by Crippen LogP contribution is -2.50. The maximum atomic E-state index is 12.3. The maximum absolute atomic E-state index is 12.3. The van der Waals surface area contributed by atoms with E-state index in [1.807, 2.05) is 20.8 Å². The van der Waals surface area contributed by atoms with Crippen LogP contribution in [0.3, 0.4) is 0 Å². The zero-order chi connectivity index (χ0) is 25.5. The van der Waals surface area contributed by atoms with Gasteiger partial charge in [-0.05, 0) is 64.2 Å². The number of halogens is 1. The first-order valence-electron chi connectivity index (χ1n) is 12.3. The summed E-state index contributed by atoms with van der Waals surface area (Å²) in [5.41, 5.74) is 0.897. The first kappa shape index (κ1) is 24.7. The third kappa shape index (κ3) is 5.09. The summed E-state index contributed by atoms with van der Waals surface area (Å²) in [4.78, 5) is 30.0. The van der Waals surface area contributed by atoms with Crippen LogP contribution in [-0.2, 0) is 10.2 Å². The summed E-state index contributed by atoms with van der Waals surface area (Å²) in [6, 6.07) is 8.34. The van der Waals surface area contributed by atoms with E-state index < -0.39 is 5.60 Å². The number of aromatic nitrogens is 4. The third-order valence-corrected chi connectivity index (χ3v) is 7.37. The second kappa shape index (κ2) is 9.46. The van der Waals surface area contributed by atoms with Gasteiger partial charge in [-0.3, -0.25) is 0 Å². The van der Waals surface area contributed by atoms with Crippen LogP contribution in [0.1, 0.15) is 51.9 Å². The molecule has 9 nitrogen and oxygen atoms in total. The van der Waals surface area contributed by atoms with Gasteiger partial charge in [-0.1, -0.05) is 33.2 Å². The predicted molar refractivity (Wildman–Crippen MR) is 139 cm³/mol. The van der Waals surface area contributed by atoms with Gasteiger partial charge in [-0.25, -0.2) is 14.8 Å². The summed E-state index contributed by atoms with van der Waals surface area (Å²) in [7, 11) is 0. The number of hydrogen-bond acceptors (Lipinski definition) is 8. The van der Waals surface area contributed by atoms with Crippen molar-refractivity contribution >= 4 is 27.8 Å². The van der Waals surface area contributed by atoms with E-state index in [4.69, 9.17) is 14.2 Å². The molecule has 0 bridgehead atoms. The van der Waals surface area contributed by atoms with E-state index in [9.17, 15) is 4.79 Å². The van der Waals surface area contributed by atoms with Gasteiger partial charge in [-0.15, -0.1) is 0 Å². The van der Waals surface area contributed by atoms with Gasteiger partial charge in [-0.2, -0.15) is 4.98 Å². The maximum Gasteiger partial charge on any atom is 0.410 e. The smallest absolute Gasteiger partial charge is 0.410 e. The summed E-state index contributed by atoms with van der Waals surface area (Å²) in [5, 5.41) is 4.36. The Bertz CT molecular complexity index is 1210. The molecule has 10 heteroatoms. The summed E-state index contributed by atoms with van der Waals surface area (Å²) < 4.78 is 12.2. The van der Waals surface area contributed by atoms with Gasteiger partial charge in [0.05, 0.1) is 17.8 Å². The minimum Gasteiger partial charge on any atom is -0.444 e. The number of rotatable bonds is 5. The summed E-state index contributed by atoms with van der Waals surface area (Å²) in [6.07, 6.45) is 5.40. The van der Waals surface area contributed by atoms with Crippen LogP contribution in [0.4, 0.5) is 10.6 Å². The number of carbonyl (C=O) groups is 1. The number of anilines is 1. The van der Waals surface area contributed by atoms with Crippen molar-refractivity contribution < 1.29 is 14.1 Å². The lowest BCUT2D eigenvalue weighted by Gasteiger charge is -2.36. The van der Waals surface area contributed by atoms with Crippen LogP contribution >= 0.6 is 15.9 Å². The van der Waals surface area contributed by atoms with E-state index in [0.29, 0.717) is 49.5 Å². The molecule has 1 saturated carbocycles. The van der Waals surface area contributed by atoms with E-state index in [0.717, 1.165) is 23.1 Å². The first-order chi connectivity index (χ1) is 17.1. The van der Waals surface area contributed by atoms with Crippen LogP contribution < -0.4 is 4.90 Å². The predicted octanol–water partition coefficient (Wildman–Crippen LogP) is 5.06. The van der Waals surface area contributed by atoms with E-state index >= 15 is 0 Å². The lowest BCUT2D eigenvalue weighted by atomic mass is 9.77. The van der Waals surface area contributed by atoms with Crippen molar-refractivity contribution in [2.24, 2.45) is 5.92 Å². The average Bonchev–Trinajstić information content (AvgIpc) is 3.60. The molecular weight excluding hydrogens is 524 g/mol. The van der Waals surface area contributed by atoms with Crippen molar-refractivity contribution in [1.29, 1.82) is 0 Å². The monoisotopic (exact) mass is 554 g/mol. The zero-order valence-corrected chi connectivity index (χ0v) is 22.7. The number of carbonyl (C=O) groups excluding carboxylic acids is 1. The van der Waals surface area contributed by atoms with Gasteiger partial charge in [0.15, 0.2) is 5.82 Å². The fourth-order valence-corrected chi connectivity index (χ4v) is 4.85. The minimum absolute atomic E-state index is 0.280. The van der Waals surface area contributed by atoms with Crippen LogP contribution in [0.5, 0.6) is 0 Å². The highest BCUT2D eigenvalue weighted by atomic mass is 79.9. The molecule has 0 spiro atoms. The Balaban J connectivity index is 1.27. The zero-order valence-electron chi connectivity index (χ0n) is 21.1. The van der Waals surface area contributed by atoms with Gasteiger partial charge in [0.25, 0.3) is 5.89 Å². The van der Waals surface area contributed by atoms with Crippen LogP contribution in [0.25, 0.3) is 11.6 Å². The van der Waals surface area contributed by atoms with E-state index in [1.165, 1.54) is 5.56 Å². The van der Waals surface area contributed by atoms with Crippen LogP contribution in [0.2, 0.25) is 0 Å². The highest BCUT2D eigenvalue weighted by Crippen LogP contribution is 2.50. The first-order valence-corrected chi connectivity index (χ1v) is 13.1. The minimum atomic E-state index is -0.502. The molecule has 1 aromatic carbocycles. The van der Waals surface area contributed by atoms with Crippen LogP contribution in [-0.4, -0.2) is 62.9 Å². The molecule has 1 atom stereocenters. The SMILES string of the molecule is CC(C)(C)OC(=O)N1CCN(c2cnc(-c3nc(C(C)(c4ccc(Br)cc4)C4CC4)no3)cn2)CC1. The van der Waals surface area contributed by atoms with Gasteiger partial charge in [0.1, 0.15) is 17.1 Å². The molecule has 1 saturated heterocycles. The molecule has 36 heavy (non-hydrogen) atoms. The highest BCUT2D eigenvalue weighted by molar-refractivity contribution is 9.10. The van der Waals surface area contributed by atoms with Gasteiger partial charge >= 0.3 is 6.09 Å². The fourth-order valence-electron chi connectivity index (χ4n) is 4.58. The molecule has 1 aliphatic heterocycles. The molecular formula is C26H31BrN6O3. The molecule has 190 valence electrons. The molecule has 2 aliphatic rings. The molecule has 1 amide bonds. The van der Waals surface area contributed by atoms with Crippen molar-refractivity contribution in [2.75, 3.05) is 31.1 Å². The normalized spacial score (nSPS) is 18.1.